The zero-order valence-electron chi connectivity index (χ0n) is 7.11. The summed E-state index contributed by atoms with van der Waals surface area (Å²) in [5.41, 5.74) is 0.940. The van der Waals surface area contributed by atoms with E-state index in [1.807, 2.05) is 12.1 Å². The van der Waals surface area contributed by atoms with E-state index in [4.69, 9.17) is 11.6 Å². The van der Waals surface area contributed by atoms with Crippen LogP contribution in [-0.4, -0.2) is 11.3 Å². The highest BCUT2D eigenvalue weighted by Crippen LogP contribution is 2.28. The molecule has 0 atom stereocenters. The van der Waals surface area contributed by atoms with Crippen molar-refractivity contribution in [3.8, 4) is 10.4 Å². The van der Waals surface area contributed by atoms with E-state index in [1.54, 1.807) is 18.5 Å². The highest BCUT2D eigenvalue weighted by Gasteiger charge is 2.02. The molecule has 2 heterocycles. The van der Waals surface area contributed by atoms with Crippen molar-refractivity contribution < 1.29 is 4.79 Å². The minimum atomic E-state index is 0.601. The van der Waals surface area contributed by atoms with E-state index in [0.717, 1.165) is 16.7 Å². The first-order valence-electron chi connectivity index (χ1n) is 3.95. The van der Waals surface area contributed by atoms with Crippen LogP contribution in [0.1, 0.15) is 9.67 Å². The minimum Gasteiger partial charge on any atom is -0.297 e. The summed E-state index contributed by atoms with van der Waals surface area (Å²) in [4.78, 5) is 16.2. The van der Waals surface area contributed by atoms with Gasteiger partial charge in [0.15, 0.2) is 6.29 Å². The number of aromatic nitrogens is 1. The van der Waals surface area contributed by atoms with Gasteiger partial charge in [0.05, 0.1) is 9.90 Å². The lowest BCUT2D eigenvalue weighted by molar-refractivity contribution is 0.112. The molecule has 0 N–H and O–H groups in total. The summed E-state index contributed by atoms with van der Waals surface area (Å²) in [5.74, 6) is 0. The Balaban J connectivity index is 2.43. The Morgan fingerprint density at radius 2 is 2.21 bits per heavy atom. The number of carbonyl (C=O) groups is 1. The molecule has 0 radical (unpaired) electrons. The zero-order chi connectivity index (χ0) is 9.97. The normalized spacial score (nSPS) is 10.1. The van der Waals surface area contributed by atoms with Crippen LogP contribution in [0.15, 0.2) is 30.6 Å². The molecule has 0 aromatic carbocycles. The highest BCUT2D eigenvalue weighted by atomic mass is 35.5. The van der Waals surface area contributed by atoms with Crippen molar-refractivity contribution in [2.45, 2.75) is 0 Å². The summed E-state index contributed by atoms with van der Waals surface area (Å²) in [5, 5.41) is 0.601. The number of pyridine rings is 1. The van der Waals surface area contributed by atoms with Gasteiger partial charge in [0.25, 0.3) is 0 Å². The molecule has 0 aliphatic carbocycles. The SMILES string of the molecule is O=Cc1ccc(-c2cncc(Cl)c2)s1. The number of thiophene rings is 1. The molecular formula is C10H6ClNOS. The van der Waals surface area contributed by atoms with Crippen molar-refractivity contribution in [2.24, 2.45) is 0 Å². The van der Waals surface area contributed by atoms with Gasteiger partial charge in [-0.2, -0.15) is 0 Å². The van der Waals surface area contributed by atoms with E-state index in [1.165, 1.54) is 11.3 Å². The third-order valence-corrected chi connectivity index (χ3v) is 3.00. The van der Waals surface area contributed by atoms with Gasteiger partial charge in [0.2, 0.25) is 0 Å². The summed E-state index contributed by atoms with van der Waals surface area (Å²) in [6, 6.07) is 5.50. The number of carbonyl (C=O) groups excluding carboxylic acids is 1. The van der Waals surface area contributed by atoms with Crippen molar-refractivity contribution in [3.63, 3.8) is 0 Å². The molecular weight excluding hydrogens is 218 g/mol. The Hall–Kier alpha value is -1.19. The third-order valence-electron chi connectivity index (χ3n) is 1.73. The van der Waals surface area contributed by atoms with Gasteiger partial charge in [0.1, 0.15) is 0 Å². The van der Waals surface area contributed by atoms with Crippen molar-refractivity contribution in [1.82, 2.24) is 4.98 Å². The van der Waals surface area contributed by atoms with Crippen LogP contribution < -0.4 is 0 Å². The van der Waals surface area contributed by atoms with Crippen LogP contribution in [0, 0.1) is 0 Å². The Morgan fingerprint density at radius 1 is 1.36 bits per heavy atom. The van der Waals surface area contributed by atoms with Gasteiger partial charge in [-0.15, -0.1) is 11.3 Å². The first kappa shape index (κ1) is 9.37. The second kappa shape index (κ2) is 3.90. The fraction of sp³-hybridized carbons (Fsp3) is 0. The number of hydrogen-bond acceptors (Lipinski definition) is 3. The molecule has 0 spiro atoms. The molecule has 0 unspecified atom stereocenters. The number of halogens is 1. The molecule has 0 fully saturated rings. The first-order valence-corrected chi connectivity index (χ1v) is 5.15. The lowest BCUT2D eigenvalue weighted by Gasteiger charge is -1.95. The van der Waals surface area contributed by atoms with Crippen LogP contribution in [0.25, 0.3) is 10.4 Å². The van der Waals surface area contributed by atoms with Crippen molar-refractivity contribution in [2.75, 3.05) is 0 Å². The summed E-state index contributed by atoms with van der Waals surface area (Å²) >= 11 is 7.24. The number of aldehydes is 1. The quantitative estimate of drug-likeness (QED) is 0.732. The molecule has 70 valence electrons. The lowest BCUT2D eigenvalue weighted by atomic mass is 10.2. The van der Waals surface area contributed by atoms with Gasteiger partial charge < -0.3 is 0 Å². The van der Waals surface area contributed by atoms with Crippen molar-refractivity contribution >= 4 is 29.2 Å². The Kier molecular flexibility index (Phi) is 2.61. The van der Waals surface area contributed by atoms with E-state index < -0.39 is 0 Å². The molecule has 2 aromatic heterocycles. The van der Waals surface area contributed by atoms with Crippen LogP contribution in [0.2, 0.25) is 5.02 Å². The van der Waals surface area contributed by atoms with Crippen LogP contribution in [0.5, 0.6) is 0 Å². The van der Waals surface area contributed by atoms with Gasteiger partial charge >= 0.3 is 0 Å². The monoisotopic (exact) mass is 223 g/mol. The second-order valence-corrected chi connectivity index (χ2v) is 4.26. The molecule has 0 aliphatic heterocycles. The summed E-state index contributed by atoms with van der Waals surface area (Å²) in [6.45, 7) is 0. The Labute approximate surface area is 90.2 Å². The average Bonchev–Trinajstić information content (AvgIpc) is 2.66. The summed E-state index contributed by atoms with van der Waals surface area (Å²) in [6.07, 6.45) is 4.15. The predicted octanol–water partition coefficient (Wildman–Crippen LogP) is 3.28. The fourth-order valence-corrected chi connectivity index (χ4v) is 2.10. The maximum Gasteiger partial charge on any atom is 0.160 e. The summed E-state index contributed by atoms with van der Waals surface area (Å²) < 4.78 is 0. The molecule has 0 amide bonds. The molecule has 2 nitrogen and oxygen atoms in total. The largest absolute Gasteiger partial charge is 0.297 e. The molecule has 14 heavy (non-hydrogen) atoms. The van der Waals surface area contributed by atoms with Crippen molar-refractivity contribution in [3.05, 3.63) is 40.5 Å². The smallest absolute Gasteiger partial charge is 0.160 e. The van der Waals surface area contributed by atoms with Gasteiger partial charge in [-0.05, 0) is 18.2 Å². The van der Waals surface area contributed by atoms with Crippen LogP contribution >= 0.6 is 22.9 Å². The molecule has 0 bridgehead atoms. The van der Waals surface area contributed by atoms with E-state index in [0.29, 0.717) is 9.90 Å². The van der Waals surface area contributed by atoms with Gasteiger partial charge in [-0.3, -0.25) is 9.78 Å². The third kappa shape index (κ3) is 1.84. The number of nitrogens with zero attached hydrogens (tertiary/aromatic N) is 1. The first-order chi connectivity index (χ1) is 6.79. The average molecular weight is 224 g/mol. The Bertz CT molecular complexity index is 467. The van der Waals surface area contributed by atoms with Gasteiger partial charge in [-0.25, -0.2) is 0 Å². The topological polar surface area (TPSA) is 30.0 Å². The van der Waals surface area contributed by atoms with E-state index in [-0.39, 0.29) is 0 Å². The predicted molar refractivity (Wildman–Crippen MR) is 57.9 cm³/mol. The highest BCUT2D eigenvalue weighted by molar-refractivity contribution is 7.17. The standard InChI is InChI=1S/C10H6ClNOS/c11-8-3-7(4-12-5-8)10-2-1-9(6-13)14-10/h1-6H. The van der Waals surface area contributed by atoms with Crippen molar-refractivity contribution in [1.29, 1.82) is 0 Å². The van der Waals surface area contributed by atoms with E-state index in [9.17, 15) is 4.79 Å². The van der Waals surface area contributed by atoms with Gasteiger partial charge in [-0.1, -0.05) is 11.6 Å². The van der Waals surface area contributed by atoms with E-state index in [2.05, 4.69) is 4.98 Å². The van der Waals surface area contributed by atoms with E-state index >= 15 is 0 Å². The second-order valence-electron chi connectivity index (χ2n) is 2.71. The number of rotatable bonds is 2. The maximum atomic E-state index is 10.5. The molecule has 2 rings (SSSR count). The van der Waals surface area contributed by atoms with Crippen LogP contribution in [0.3, 0.4) is 0 Å². The van der Waals surface area contributed by atoms with Crippen LogP contribution in [0.4, 0.5) is 0 Å². The van der Waals surface area contributed by atoms with Crippen LogP contribution in [-0.2, 0) is 0 Å². The molecule has 0 aliphatic rings. The molecule has 2 aromatic rings. The fourth-order valence-electron chi connectivity index (χ4n) is 1.12. The molecule has 4 heteroatoms. The molecule has 0 saturated heterocycles. The summed E-state index contributed by atoms with van der Waals surface area (Å²) in [7, 11) is 0. The van der Waals surface area contributed by atoms with Gasteiger partial charge in [0, 0.05) is 22.8 Å². The Morgan fingerprint density at radius 3 is 2.86 bits per heavy atom. The zero-order valence-corrected chi connectivity index (χ0v) is 8.68. The minimum absolute atomic E-state index is 0.601. The molecule has 0 saturated carbocycles. The maximum absolute atomic E-state index is 10.5. The number of hydrogen-bond donors (Lipinski definition) is 0. The lowest BCUT2D eigenvalue weighted by Crippen LogP contribution is -1.75.